The molecule has 4 rings (SSSR count). The number of aliphatic carboxylic acids is 1. The van der Waals surface area contributed by atoms with Crippen molar-refractivity contribution >= 4 is 11.7 Å². The molecule has 0 radical (unpaired) electrons. The normalized spacial score (nSPS) is 15.7. The fourth-order valence-electron chi connectivity index (χ4n) is 4.53. The first kappa shape index (κ1) is 21.9. The number of hydrogen-bond donors (Lipinski definition) is 1. The van der Waals surface area contributed by atoms with Gasteiger partial charge in [-0.15, -0.1) is 0 Å². The molecule has 1 fully saturated rings. The molecule has 0 spiro atoms. The zero-order chi connectivity index (χ0) is 22.7. The number of carboxylic acid groups (broad SMARTS) is 1. The van der Waals surface area contributed by atoms with Gasteiger partial charge in [0.2, 0.25) is 0 Å². The van der Waals surface area contributed by atoms with Crippen LogP contribution in [0.4, 0.5) is 10.1 Å². The Morgan fingerprint density at radius 1 is 1.12 bits per heavy atom. The molecule has 1 atom stereocenters. The van der Waals surface area contributed by atoms with Crippen molar-refractivity contribution in [1.82, 2.24) is 0 Å². The zero-order valence-electron chi connectivity index (χ0n) is 18.5. The van der Waals surface area contributed by atoms with Gasteiger partial charge in [-0.3, -0.25) is 4.79 Å². The highest BCUT2D eigenvalue weighted by Crippen LogP contribution is 2.30. The van der Waals surface area contributed by atoms with Crippen LogP contribution in [0, 0.1) is 12.7 Å². The van der Waals surface area contributed by atoms with Crippen LogP contribution in [0.1, 0.15) is 36.0 Å². The topological polar surface area (TPSA) is 49.8 Å². The van der Waals surface area contributed by atoms with Crippen molar-refractivity contribution in [2.45, 2.75) is 38.6 Å². The molecule has 3 aromatic carbocycles. The maximum Gasteiger partial charge on any atom is 0.305 e. The molecule has 1 saturated heterocycles. The first-order chi connectivity index (χ1) is 15.4. The van der Waals surface area contributed by atoms with Gasteiger partial charge in [0.25, 0.3) is 0 Å². The minimum atomic E-state index is -0.744. The summed E-state index contributed by atoms with van der Waals surface area (Å²) in [5.41, 5.74) is 5.93. The number of nitrogens with zero attached hydrogens (tertiary/aromatic N) is 1. The average Bonchev–Trinajstić information content (AvgIpc) is 3.23. The molecule has 1 N–H and O–H groups in total. The molecular weight excluding hydrogens is 405 g/mol. The van der Waals surface area contributed by atoms with E-state index in [0.29, 0.717) is 11.3 Å². The SMILES string of the molecule is COc1ccc(F)c(-c2ccc(Cc3ccc(N4CCCC4CC(=O)O)cc3)c(C)c2)c1. The van der Waals surface area contributed by atoms with Gasteiger partial charge in [0.05, 0.1) is 13.5 Å². The van der Waals surface area contributed by atoms with Crippen molar-refractivity contribution in [3.8, 4) is 16.9 Å². The molecule has 0 aromatic heterocycles. The highest BCUT2D eigenvalue weighted by Gasteiger charge is 2.26. The summed E-state index contributed by atoms with van der Waals surface area (Å²) in [6, 6.07) is 19.3. The van der Waals surface area contributed by atoms with E-state index in [1.165, 1.54) is 17.2 Å². The van der Waals surface area contributed by atoms with Crippen LogP contribution in [0.15, 0.2) is 60.7 Å². The van der Waals surface area contributed by atoms with E-state index in [-0.39, 0.29) is 18.3 Å². The number of benzene rings is 3. The smallest absolute Gasteiger partial charge is 0.305 e. The largest absolute Gasteiger partial charge is 0.497 e. The van der Waals surface area contributed by atoms with Gasteiger partial charge >= 0.3 is 5.97 Å². The van der Waals surface area contributed by atoms with E-state index in [2.05, 4.69) is 35.2 Å². The minimum Gasteiger partial charge on any atom is -0.497 e. The standard InChI is InChI=1S/C27H28FNO3/c1-18-14-21(25-17-24(32-2)11-12-26(25)28)8-7-20(18)15-19-5-9-22(10-6-19)29-13-3-4-23(29)16-27(30)31/h5-12,14,17,23H,3-4,13,15-16H2,1-2H3,(H,30,31). The number of halogens is 1. The first-order valence-electron chi connectivity index (χ1n) is 11.0. The molecule has 0 aliphatic carbocycles. The molecule has 3 aromatic rings. The third kappa shape index (κ3) is 4.77. The molecule has 1 unspecified atom stereocenters. The third-order valence-corrected chi connectivity index (χ3v) is 6.28. The van der Waals surface area contributed by atoms with Crippen LogP contribution in [0.2, 0.25) is 0 Å². The van der Waals surface area contributed by atoms with E-state index in [1.54, 1.807) is 19.2 Å². The summed E-state index contributed by atoms with van der Waals surface area (Å²) < 4.78 is 19.6. The van der Waals surface area contributed by atoms with E-state index in [4.69, 9.17) is 9.84 Å². The molecule has 0 amide bonds. The van der Waals surface area contributed by atoms with Gasteiger partial charge in [-0.25, -0.2) is 4.39 Å². The highest BCUT2D eigenvalue weighted by molar-refractivity contribution is 5.69. The zero-order valence-corrected chi connectivity index (χ0v) is 18.5. The number of rotatable bonds is 7. The maximum atomic E-state index is 14.3. The van der Waals surface area contributed by atoms with Gasteiger partial charge in [0.15, 0.2) is 0 Å². The highest BCUT2D eigenvalue weighted by atomic mass is 19.1. The Labute approximate surface area is 188 Å². The fraction of sp³-hybridized carbons (Fsp3) is 0.296. The van der Waals surface area contributed by atoms with Gasteiger partial charge in [-0.2, -0.15) is 0 Å². The van der Waals surface area contributed by atoms with E-state index < -0.39 is 5.97 Å². The van der Waals surface area contributed by atoms with Crippen molar-refractivity contribution in [3.63, 3.8) is 0 Å². The lowest BCUT2D eigenvalue weighted by atomic mass is 9.95. The van der Waals surface area contributed by atoms with E-state index >= 15 is 0 Å². The summed E-state index contributed by atoms with van der Waals surface area (Å²) in [4.78, 5) is 13.3. The van der Waals surface area contributed by atoms with Gasteiger partial charge < -0.3 is 14.7 Å². The summed E-state index contributed by atoms with van der Waals surface area (Å²) >= 11 is 0. The minimum absolute atomic E-state index is 0.0742. The predicted octanol–water partition coefficient (Wildman–Crippen LogP) is 5.84. The van der Waals surface area contributed by atoms with Crippen LogP contribution < -0.4 is 9.64 Å². The van der Waals surface area contributed by atoms with Crippen molar-refractivity contribution < 1.29 is 19.0 Å². The Morgan fingerprint density at radius 2 is 1.91 bits per heavy atom. The number of hydrogen-bond acceptors (Lipinski definition) is 3. The van der Waals surface area contributed by atoms with E-state index in [9.17, 15) is 9.18 Å². The summed E-state index contributed by atoms with van der Waals surface area (Å²) in [6.07, 6.45) is 2.92. The van der Waals surface area contributed by atoms with Crippen molar-refractivity contribution in [1.29, 1.82) is 0 Å². The molecule has 166 valence electrons. The van der Waals surface area contributed by atoms with Crippen LogP contribution >= 0.6 is 0 Å². The van der Waals surface area contributed by atoms with Crippen LogP contribution in [0.3, 0.4) is 0 Å². The molecule has 4 nitrogen and oxygen atoms in total. The van der Waals surface area contributed by atoms with Gasteiger partial charge in [0, 0.05) is 23.8 Å². The monoisotopic (exact) mass is 433 g/mol. The second-order valence-corrected chi connectivity index (χ2v) is 8.42. The molecule has 0 saturated carbocycles. The Bertz CT molecular complexity index is 1110. The fourth-order valence-corrected chi connectivity index (χ4v) is 4.53. The number of methoxy groups -OCH3 is 1. The number of carbonyl (C=O) groups is 1. The number of anilines is 1. The molecule has 1 heterocycles. The molecule has 0 bridgehead atoms. The Hall–Kier alpha value is -3.34. The summed E-state index contributed by atoms with van der Waals surface area (Å²) in [5.74, 6) is -0.380. The number of ether oxygens (including phenoxy) is 1. The van der Waals surface area contributed by atoms with Gasteiger partial charge in [-0.05, 0) is 78.8 Å². The van der Waals surface area contributed by atoms with Gasteiger partial charge in [-0.1, -0.05) is 30.3 Å². The lowest BCUT2D eigenvalue weighted by Gasteiger charge is -2.26. The first-order valence-corrected chi connectivity index (χ1v) is 11.0. The van der Waals surface area contributed by atoms with Gasteiger partial charge in [0.1, 0.15) is 11.6 Å². The Kier molecular flexibility index (Phi) is 6.45. The molecule has 32 heavy (non-hydrogen) atoms. The Morgan fingerprint density at radius 3 is 2.59 bits per heavy atom. The molecule has 5 heteroatoms. The lowest BCUT2D eigenvalue weighted by molar-refractivity contribution is -0.137. The van der Waals surface area contributed by atoms with Crippen molar-refractivity contribution in [2.24, 2.45) is 0 Å². The Balaban J connectivity index is 1.49. The molecular formula is C27H28FNO3. The quantitative estimate of drug-likeness (QED) is 0.508. The predicted molar refractivity (Wildman–Crippen MR) is 125 cm³/mol. The number of aryl methyl sites for hydroxylation is 1. The number of carboxylic acids is 1. The molecule has 1 aliphatic rings. The van der Waals surface area contributed by atoms with Crippen LogP contribution in [0.5, 0.6) is 5.75 Å². The van der Waals surface area contributed by atoms with Crippen LogP contribution in [0.25, 0.3) is 11.1 Å². The summed E-state index contributed by atoms with van der Waals surface area (Å²) in [5, 5.41) is 9.15. The molecule has 1 aliphatic heterocycles. The maximum absolute atomic E-state index is 14.3. The second-order valence-electron chi connectivity index (χ2n) is 8.42. The van der Waals surface area contributed by atoms with Crippen molar-refractivity contribution in [2.75, 3.05) is 18.6 Å². The van der Waals surface area contributed by atoms with Crippen molar-refractivity contribution in [3.05, 3.63) is 83.2 Å². The van der Waals surface area contributed by atoms with Crippen LogP contribution in [-0.2, 0) is 11.2 Å². The third-order valence-electron chi connectivity index (χ3n) is 6.28. The second kappa shape index (κ2) is 9.43. The lowest BCUT2D eigenvalue weighted by Crippen LogP contribution is -2.31. The average molecular weight is 434 g/mol. The van der Waals surface area contributed by atoms with E-state index in [1.807, 2.05) is 19.1 Å². The van der Waals surface area contributed by atoms with E-state index in [0.717, 1.165) is 42.6 Å². The summed E-state index contributed by atoms with van der Waals surface area (Å²) in [6.45, 7) is 2.95. The summed E-state index contributed by atoms with van der Waals surface area (Å²) in [7, 11) is 1.58. The van der Waals surface area contributed by atoms with Crippen LogP contribution in [-0.4, -0.2) is 30.8 Å².